The van der Waals surface area contributed by atoms with Crippen LogP contribution in [-0.4, -0.2) is 12.1 Å². The van der Waals surface area contributed by atoms with Crippen LogP contribution in [0.15, 0.2) is 18.2 Å². The van der Waals surface area contributed by atoms with E-state index in [2.05, 4.69) is 44.3 Å². The van der Waals surface area contributed by atoms with Crippen molar-refractivity contribution in [2.45, 2.75) is 58.6 Å². The van der Waals surface area contributed by atoms with Gasteiger partial charge >= 0.3 is 0 Å². The van der Waals surface area contributed by atoms with E-state index in [0.717, 1.165) is 17.6 Å². The molecule has 2 saturated carbocycles. The highest BCUT2D eigenvalue weighted by atomic mass is 16.5. The highest BCUT2D eigenvalue weighted by molar-refractivity contribution is 5.54. The molecule has 2 heteroatoms. The van der Waals surface area contributed by atoms with Crippen molar-refractivity contribution >= 4 is 5.69 Å². The van der Waals surface area contributed by atoms with E-state index in [9.17, 15) is 0 Å². The van der Waals surface area contributed by atoms with Gasteiger partial charge < -0.3 is 10.1 Å². The first kappa shape index (κ1) is 12.8. The zero-order chi connectivity index (χ0) is 13.4. The van der Waals surface area contributed by atoms with Gasteiger partial charge in [0.25, 0.3) is 0 Å². The van der Waals surface area contributed by atoms with Gasteiger partial charge in [-0.2, -0.15) is 0 Å². The Hall–Kier alpha value is -1.18. The summed E-state index contributed by atoms with van der Waals surface area (Å²) < 4.78 is 5.74. The Morgan fingerprint density at radius 2 is 2.05 bits per heavy atom. The van der Waals surface area contributed by atoms with E-state index in [1.54, 1.807) is 0 Å². The molecule has 2 aliphatic rings. The van der Waals surface area contributed by atoms with Gasteiger partial charge in [0.05, 0.1) is 6.10 Å². The molecule has 3 atom stereocenters. The maximum Gasteiger partial charge on any atom is 0.120 e. The van der Waals surface area contributed by atoms with E-state index in [4.69, 9.17) is 4.74 Å². The van der Waals surface area contributed by atoms with E-state index in [1.165, 1.54) is 36.9 Å². The fourth-order valence-corrected chi connectivity index (χ4v) is 3.76. The molecule has 0 heterocycles. The van der Waals surface area contributed by atoms with E-state index < -0.39 is 0 Å². The lowest BCUT2D eigenvalue weighted by molar-refractivity contribution is 0.242. The van der Waals surface area contributed by atoms with Crippen LogP contribution in [0.5, 0.6) is 5.75 Å². The van der Waals surface area contributed by atoms with E-state index in [0.29, 0.717) is 6.04 Å². The first-order chi connectivity index (χ1) is 9.11. The largest absolute Gasteiger partial charge is 0.491 e. The highest BCUT2D eigenvalue weighted by Crippen LogP contribution is 2.45. The van der Waals surface area contributed by atoms with Crippen LogP contribution in [0.3, 0.4) is 0 Å². The fourth-order valence-electron chi connectivity index (χ4n) is 3.76. The van der Waals surface area contributed by atoms with Gasteiger partial charge in [0.2, 0.25) is 0 Å². The average Bonchev–Trinajstić information content (AvgIpc) is 2.94. The predicted molar refractivity (Wildman–Crippen MR) is 79.8 cm³/mol. The van der Waals surface area contributed by atoms with Crippen LogP contribution in [0.25, 0.3) is 0 Å². The van der Waals surface area contributed by atoms with E-state index in [1.807, 2.05) is 0 Å². The second-order valence-electron chi connectivity index (χ2n) is 6.57. The number of aryl methyl sites for hydroxylation is 1. The minimum atomic E-state index is 0.240. The Labute approximate surface area is 116 Å². The molecule has 0 aromatic heterocycles. The van der Waals surface area contributed by atoms with Crippen LogP contribution in [0, 0.1) is 18.8 Å². The maximum atomic E-state index is 5.74. The first-order valence-electron chi connectivity index (χ1n) is 7.65. The summed E-state index contributed by atoms with van der Waals surface area (Å²) in [4.78, 5) is 0. The number of hydrogen-bond acceptors (Lipinski definition) is 2. The third-order valence-corrected chi connectivity index (χ3v) is 4.65. The molecule has 0 saturated heterocycles. The van der Waals surface area contributed by atoms with Crippen molar-refractivity contribution in [1.82, 2.24) is 0 Å². The standard InChI is InChI=1S/C17H25NO/c1-11(2)19-15-6-7-16(12(3)8-15)18-17-10-13-4-5-14(17)9-13/h6-8,11,13-14,17-18H,4-5,9-10H2,1-3H3. The molecule has 2 fully saturated rings. The Kier molecular flexibility index (Phi) is 3.42. The number of anilines is 1. The van der Waals surface area contributed by atoms with Crippen LogP contribution in [0.1, 0.15) is 45.1 Å². The zero-order valence-electron chi connectivity index (χ0n) is 12.3. The van der Waals surface area contributed by atoms with Crippen LogP contribution in [0.4, 0.5) is 5.69 Å². The minimum Gasteiger partial charge on any atom is -0.491 e. The number of rotatable bonds is 4. The number of hydrogen-bond donors (Lipinski definition) is 1. The van der Waals surface area contributed by atoms with E-state index >= 15 is 0 Å². The quantitative estimate of drug-likeness (QED) is 0.866. The third-order valence-electron chi connectivity index (χ3n) is 4.65. The summed E-state index contributed by atoms with van der Waals surface area (Å²) in [7, 11) is 0. The summed E-state index contributed by atoms with van der Waals surface area (Å²) in [5.74, 6) is 2.88. The van der Waals surface area contributed by atoms with Crippen molar-refractivity contribution in [3.8, 4) is 5.75 Å². The predicted octanol–water partition coefficient (Wildman–Crippen LogP) is 4.38. The monoisotopic (exact) mass is 259 g/mol. The molecule has 1 N–H and O–H groups in total. The SMILES string of the molecule is Cc1cc(OC(C)C)ccc1NC1CC2CCC1C2. The number of fused-ring (bicyclic) bond motifs is 2. The summed E-state index contributed by atoms with van der Waals surface area (Å²) in [5, 5.41) is 3.77. The van der Waals surface area contributed by atoms with Crippen molar-refractivity contribution in [2.24, 2.45) is 11.8 Å². The minimum absolute atomic E-state index is 0.240. The molecule has 2 nitrogen and oxygen atoms in total. The normalized spacial score (nSPS) is 28.9. The van der Waals surface area contributed by atoms with Crippen molar-refractivity contribution in [2.75, 3.05) is 5.32 Å². The Balaban J connectivity index is 1.68. The second-order valence-corrected chi connectivity index (χ2v) is 6.57. The Morgan fingerprint density at radius 1 is 1.21 bits per heavy atom. The van der Waals surface area contributed by atoms with E-state index in [-0.39, 0.29) is 6.10 Å². The molecule has 0 spiro atoms. The molecule has 0 radical (unpaired) electrons. The molecular weight excluding hydrogens is 234 g/mol. The van der Waals surface area contributed by atoms with Gasteiger partial charge in [-0.05, 0) is 75.6 Å². The van der Waals surface area contributed by atoms with Crippen molar-refractivity contribution in [1.29, 1.82) is 0 Å². The van der Waals surface area contributed by atoms with Crippen LogP contribution >= 0.6 is 0 Å². The molecule has 1 aromatic carbocycles. The van der Waals surface area contributed by atoms with Crippen molar-refractivity contribution in [3.05, 3.63) is 23.8 Å². The van der Waals surface area contributed by atoms with Gasteiger partial charge in [0.1, 0.15) is 5.75 Å². The van der Waals surface area contributed by atoms with Gasteiger partial charge in [-0.3, -0.25) is 0 Å². The Bertz CT molecular complexity index is 455. The van der Waals surface area contributed by atoms with Crippen molar-refractivity contribution in [3.63, 3.8) is 0 Å². The molecule has 3 unspecified atom stereocenters. The maximum absolute atomic E-state index is 5.74. The van der Waals surface area contributed by atoms with Crippen molar-refractivity contribution < 1.29 is 4.74 Å². The summed E-state index contributed by atoms with van der Waals surface area (Å²) in [6.45, 7) is 6.30. The van der Waals surface area contributed by atoms with Gasteiger partial charge in [-0.25, -0.2) is 0 Å². The summed E-state index contributed by atoms with van der Waals surface area (Å²) in [6.07, 6.45) is 5.95. The second kappa shape index (κ2) is 5.07. The molecule has 0 aliphatic heterocycles. The lowest BCUT2D eigenvalue weighted by atomic mass is 9.95. The zero-order valence-corrected chi connectivity index (χ0v) is 12.3. The summed E-state index contributed by atoms with van der Waals surface area (Å²) in [5.41, 5.74) is 2.58. The first-order valence-corrected chi connectivity index (χ1v) is 7.65. The molecule has 3 rings (SSSR count). The molecule has 19 heavy (non-hydrogen) atoms. The third kappa shape index (κ3) is 2.72. The summed E-state index contributed by atoms with van der Waals surface area (Å²) >= 11 is 0. The van der Waals surface area contributed by atoms with Gasteiger partial charge in [0.15, 0.2) is 0 Å². The number of nitrogens with one attached hydrogen (secondary N) is 1. The number of ether oxygens (including phenoxy) is 1. The highest BCUT2D eigenvalue weighted by Gasteiger charge is 2.39. The van der Waals surface area contributed by atoms with Crippen LogP contribution in [0.2, 0.25) is 0 Å². The number of benzene rings is 1. The van der Waals surface area contributed by atoms with Gasteiger partial charge in [0, 0.05) is 11.7 Å². The molecule has 1 aromatic rings. The molecular formula is C17H25NO. The topological polar surface area (TPSA) is 21.3 Å². The summed E-state index contributed by atoms with van der Waals surface area (Å²) in [6, 6.07) is 7.12. The van der Waals surface area contributed by atoms with Crippen LogP contribution < -0.4 is 10.1 Å². The van der Waals surface area contributed by atoms with Gasteiger partial charge in [-0.1, -0.05) is 6.42 Å². The lowest BCUT2D eigenvalue weighted by Crippen LogP contribution is -2.26. The smallest absolute Gasteiger partial charge is 0.120 e. The fraction of sp³-hybridized carbons (Fsp3) is 0.647. The molecule has 2 aliphatic carbocycles. The van der Waals surface area contributed by atoms with Crippen LogP contribution in [-0.2, 0) is 0 Å². The molecule has 104 valence electrons. The molecule has 2 bridgehead atoms. The average molecular weight is 259 g/mol. The Morgan fingerprint density at radius 3 is 2.63 bits per heavy atom. The molecule has 0 amide bonds. The van der Waals surface area contributed by atoms with Gasteiger partial charge in [-0.15, -0.1) is 0 Å². The lowest BCUT2D eigenvalue weighted by Gasteiger charge is -2.25.